The third-order valence-electron chi connectivity index (χ3n) is 1.98. The molecule has 19 heavy (non-hydrogen) atoms. The summed E-state index contributed by atoms with van der Waals surface area (Å²) in [5.41, 5.74) is -3.47. The van der Waals surface area contributed by atoms with Crippen LogP contribution in [0.2, 0.25) is 0 Å². The van der Waals surface area contributed by atoms with Crippen molar-refractivity contribution < 1.29 is 31.5 Å². The lowest BCUT2D eigenvalue weighted by Gasteiger charge is -2.13. The van der Waals surface area contributed by atoms with E-state index in [1.165, 1.54) is 6.92 Å². The Morgan fingerprint density at radius 2 is 2.05 bits per heavy atom. The molecule has 0 atom stereocenters. The van der Waals surface area contributed by atoms with E-state index < -0.39 is 40.0 Å². The van der Waals surface area contributed by atoms with Gasteiger partial charge in [-0.05, 0) is 28.9 Å². The Balaban J connectivity index is 3.42. The number of rotatable bonds is 3. The number of alkyl halides is 5. The lowest BCUT2D eigenvalue weighted by Crippen LogP contribution is -2.16. The van der Waals surface area contributed by atoms with E-state index in [9.17, 15) is 26.7 Å². The number of aromatic nitrogens is 1. The van der Waals surface area contributed by atoms with E-state index in [2.05, 4.69) is 25.7 Å². The number of ether oxygens (including phenoxy) is 1. The molecule has 0 N–H and O–H groups in total. The molecule has 0 aliphatic carbocycles. The van der Waals surface area contributed by atoms with Gasteiger partial charge in [-0.3, -0.25) is 0 Å². The number of carbonyl (C=O) groups is 1. The van der Waals surface area contributed by atoms with Crippen LogP contribution in [0.5, 0.6) is 0 Å². The third-order valence-corrected chi connectivity index (χ3v) is 2.58. The van der Waals surface area contributed by atoms with Crippen LogP contribution in [-0.4, -0.2) is 17.6 Å². The van der Waals surface area contributed by atoms with Gasteiger partial charge >= 0.3 is 12.1 Å². The minimum absolute atomic E-state index is 0.0971. The first-order chi connectivity index (χ1) is 8.68. The molecule has 1 aromatic heterocycles. The Kier molecular flexibility index (Phi) is 4.83. The number of hydrogen-bond acceptors (Lipinski definition) is 3. The van der Waals surface area contributed by atoms with Gasteiger partial charge in [0.2, 0.25) is 0 Å². The number of esters is 1. The highest BCUT2D eigenvalue weighted by Crippen LogP contribution is 2.36. The van der Waals surface area contributed by atoms with Crippen molar-refractivity contribution in [3.05, 3.63) is 27.5 Å². The summed E-state index contributed by atoms with van der Waals surface area (Å²) in [7, 11) is 0. The minimum atomic E-state index is -4.91. The summed E-state index contributed by atoms with van der Waals surface area (Å²) in [5, 5.41) is 0. The van der Waals surface area contributed by atoms with Crippen molar-refractivity contribution >= 4 is 21.9 Å². The van der Waals surface area contributed by atoms with E-state index in [4.69, 9.17) is 0 Å². The molecule has 0 amide bonds. The maximum Gasteiger partial charge on any atom is 0.434 e. The van der Waals surface area contributed by atoms with Crippen LogP contribution in [0.25, 0.3) is 0 Å². The molecular formula is C10H7BrF5NO2. The monoisotopic (exact) mass is 347 g/mol. The number of carbonyl (C=O) groups excluding carboxylic acids is 1. The second-order valence-electron chi connectivity index (χ2n) is 3.27. The molecule has 0 unspecified atom stereocenters. The highest BCUT2D eigenvalue weighted by atomic mass is 79.9. The Morgan fingerprint density at radius 3 is 2.47 bits per heavy atom. The van der Waals surface area contributed by atoms with Gasteiger partial charge in [0.1, 0.15) is 5.69 Å². The second-order valence-corrected chi connectivity index (χ2v) is 4.12. The van der Waals surface area contributed by atoms with Crippen LogP contribution in [0.1, 0.15) is 35.1 Å². The molecule has 0 radical (unpaired) electrons. The Morgan fingerprint density at radius 1 is 1.47 bits per heavy atom. The molecule has 0 aliphatic rings. The van der Waals surface area contributed by atoms with E-state index in [0.717, 1.165) is 0 Å². The van der Waals surface area contributed by atoms with Gasteiger partial charge in [-0.1, -0.05) is 0 Å². The van der Waals surface area contributed by atoms with Crippen molar-refractivity contribution in [2.75, 3.05) is 6.61 Å². The largest absolute Gasteiger partial charge is 0.462 e. The van der Waals surface area contributed by atoms with Gasteiger partial charge in [0.05, 0.1) is 12.2 Å². The third kappa shape index (κ3) is 3.62. The highest BCUT2D eigenvalue weighted by molar-refractivity contribution is 9.10. The molecule has 0 aliphatic heterocycles. The summed E-state index contributed by atoms with van der Waals surface area (Å²) in [5.74, 6) is -1.15. The lowest BCUT2D eigenvalue weighted by atomic mass is 10.1. The molecule has 0 aromatic carbocycles. The van der Waals surface area contributed by atoms with Crippen molar-refractivity contribution in [1.29, 1.82) is 0 Å². The topological polar surface area (TPSA) is 39.2 Å². The zero-order chi connectivity index (χ0) is 14.8. The SMILES string of the molecule is CCOC(=O)c1cc(Br)c(C(F)(F)F)nc1C(F)F. The summed E-state index contributed by atoms with van der Waals surface area (Å²) < 4.78 is 66.8. The molecule has 0 bridgehead atoms. The molecule has 0 saturated carbocycles. The van der Waals surface area contributed by atoms with Gasteiger partial charge in [-0.2, -0.15) is 13.2 Å². The molecule has 9 heteroatoms. The van der Waals surface area contributed by atoms with Gasteiger partial charge in [0.15, 0.2) is 5.69 Å². The highest BCUT2D eigenvalue weighted by Gasteiger charge is 2.37. The summed E-state index contributed by atoms with van der Waals surface area (Å²) in [6.07, 6.45) is -8.23. The average Bonchev–Trinajstić information content (AvgIpc) is 2.26. The van der Waals surface area contributed by atoms with Gasteiger partial charge in [-0.25, -0.2) is 18.6 Å². The van der Waals surface area contributed by atoms with E-state index in [0.29, 0.717) is 6.07 Å². The molecule has 1 aromatic rings. The zero-order valence-corrected chi connectivity index (χ0v) is 11.0. The molecule has 1 rings (SSSR count). The van der Waals surface area contributed by atoms with E-state index in [1.807, 2.05) is 0 Å². The van der Waals surface area contributed by atoms with Crippen LogP contribution >= 0.6 is 15.9 Å². The van der Waals surface area contributed by atoms with Gasteiger partial charge < -0.3 is 4.74 Å². The fourth-order valence-corrected chi connectivity index (χ4v) is 1.78. The van der Waals surface area contributed by atoms with Crippen LogP contribution in [0, 0.1) is 0 Å². The van der Waals surface area contributed by atoms with Crippen LogP contribution in [0.3, 0.4) is 0 Å². The Labute approximate surface area is 112 Å². The summed E-state index contributed by atoms with van der Waals surface area (Å²) >= 11 is 2.55. The molecule has 0 fully saturated rings. The van der Waals surface area contributed by atoms with Crippen molar-refractivity contribution in [1.82, 2.24) is 4.98 Å². The first kappa shape index (κ1) is 15.8. The molecule has 3 nitrogen and oxygen atoms in total. The van der Waals surface area contributed by atoms with Crippen LogP contribution in [0.4, 0.5) is 22.0 Å². The van der Waals surface area contributed by atoms with Crippen molar-refractivity contribution in [3.63, 3.8) is 0 Å². The van der Waals surface area contributed by atoms with Gasteiger partial charge in [-0.15, -0.1) is 0 Å². The summed E-state index contributed by atoms with van der Waals surface area (Å²) in [4.78, 5) is 14.2. The number of pyridine rings is 1. The molecule has 0 spiro atoms. The number of nitrogens with zero attached hydrogens (tertiary/aromatic N) is 1. The lowest BCUT2D eigenvalue weighted by molar-refractivity contribution is -0.142. The number of hydrogen-bond donors (Lipinski definition) is 0. The zero-order valence-electron chi connectivity index (χ0n) is 9.39. The van der Waals surface area contributed by atoms with Gasteiger partial charge in [0.25, 0.3) is 6.43 Å². The maximum atomic E-state index is 12.7. The molecule has 0 saturated heterocycles. The first-order valence-corrected chi connectivity index (χ1v) is 5.70. The fraction of sp³-hybridized carbons (Fsp3) is 0.400. The normalized spacial score (nSPS) is 11.8. The van der Waals surface area contributed by atoms with Crippen molar-refractivity contribution in [2.45, 2.75) is 19.5 Å². The molecular weight excluding hydrogens is 341 g/mol. The Hall–Kier alpha value is -1.25. The molecule has 1 heterocycles. The number of halogens is 6. The first-order valence-electron chi connectivity index (χ1n) is 4.91. The fourth-order valence-electron chi connectivity index (χ4n) is 1.24. The van der Waals surface area contributed by atoms with Crippen molar-refractivity contribution in [3.8, 4) is 0 Å². The summed E-state index contributed by atoms with van der Waals surface area (Å²) in [6, 6.07) is 0.634. The quantitative estimate of drug-likeness (QED) is 0.613. The van der Waals surface area contributed by atoms with E-state index in [1.54, 1.807) is 0 Å². The standard InChI is InChI=1S/C10H7BrF5NO2/c1-2-19-9(18)4-3-5(11)7(10(14,15)16)17-6(4)8(12)13/h3,8H,2H2,1H3. The summed E-state index contributed by atoms with van der Waals surface area (Å²) in [6.45, 7) is 1.34. The smallest absolute Gasteiger partial charge is 0.434 e. The predicted octanol–water partition coefficient (Wildman–Crippen LogP) is 3.98. The average molecular weight is 348 g/mol. The second kappa shape index (κ2) is 5.81. The molecule has 106 valence electrons. The van der Waals surface area contributed by atoms with Crippen LogP contribution < -0.4 is 0 Å². The van der Waals surface area contributed by atoms with Crippen LogP contribution in [-0.2, 0) is 10.9 Å². The maximum absolute atomic E-state index is 12.7. The van der Waals surface area contributed by atoms with E-state index in [-0.39, 0.29) is 6.61 Å². The van der Waals surface area contributed by atoms with Gasteiger partial charge in [0, 0.05) is 4.47 Å². The minimum Gasteiger partial charge on any atom is -0.462 e. The van der Waals surface area contributed by atoms with E-state index >= 15 is 0 Å². The van der Waals surface area contributed by atoms with Crippen molar-refractivity contribution in [2.24, 2.45) is 0 Å². The Bertz CT molecular complexity index is 490. The predicted molar refractivity (Wildman–Crippen MR) is 57.9 cm³/mol. The van der Waals surface area contributed by atoms with Crippen LogP contribution in [0.15, 0.2) is 10.5 Å².